The number of hydrogen-bond acceptors (Lipinski definition) is 4. The number of carbonyl (C=O) groups excluding carboxylic acids is 3. The van der Waals surface area contributed by atoms with Gasteiger partial charge in [-0.05, 0) is 26.7 Å². The molecule has 0 aliphatic heterocycles. The maximum absolute atomic E-state index is 12.0. The third-order valence-corrected chi connectivity index (χ3v) is 3.45. The van der Waals surface area contributed by atoms with E-state index in [1.165, 1.54) is 32.6 Å². The summed E-state index contributed by atoms with van der Waals surface area (Å²) < 4.78 is 5.18. The quantitative estimate of drug-likeness (QED) is 0.222. The second-order valence-corrected chi connectivity index (χ2v) is 5.93. The second-order valence-electron chi connectivity index (χ2n) is 5.93. The molecule has 126 valence electrons. The summed E-state index contributed by atoms with van der Waals surface area (Å²) in [6, 6.07) is 0. The lowest BCUT2D eigenvalue weighted by Crippen LogP contribution is -2.29. The van der Waals surface area contributed by atoms with Gasteiger partial charge in [-0.3, -0.25) is 9.59 Å². The molecule has 0 amide bonds. The van der Waals surface area contributed by atoms with Gasteiger partial charge in [0, 0.05) is 5.57 Å². The van der Waals surface area contributed by atoms with Crippen LogP contribution in [0.1, 0.15) is 78.6 Å². The van der Waals surface area contributed by atoms with Crippen molar-refractivity contribution < 1.29 is 19.1 Å². The molecule has 0 aliphatic carbocycles. The highest BCUT2D eigenvalue weighted by Crippen LogP contribution is 2.14. The molecule has 1 unspecified atom stereocenters. The minimum Gasteiger partial charge on any atom is -0.451 e. The van der Waals surface area contributed by atoms with E-state index in [1.807, 2.05) is 0 Å². The Hall–Kier alpha value is -1.45. The lowest BCUT2D eigenvalue weighted by Gasteiger charge is -2.16. The molecule has 22 heavy (non-hydrogen) atoms. The average Bonchev–Trinajstić information content (AvgIpc) is 2.43. The molecule has 0 heterocycles. The Morgan fingerprint density at radius 3 is 2.00 bits per heavy atom. The van der Waals surface area contributed by atoms with Crippen molar-refractivity contribution >= 4 is 17.5 Å². The SMILES string of the molecule is C=C(C)C(=O)OC(CCCCCCCCC)C(=O)CC(C)=O. The predicted octanol–water partition coefficient (Wildman–Crippen LogP) is 4.16. The van der Waals surface area contributed by atoms with Gasteiger partial charge in [0.25, 0.3) is 0 Å². The van der Waals surface area contributed by atoms with E-state index in [2.05, 4.69) is 13.5 Å². The third-order valence-electron chi connectivity index (χ3n) is 3.45. The number of esters is 1. The van der Waals surface area contributed by atoms with Gasteiger partial charge in [0.15, 0.2) is 11.9 Å². The van der Waals surface area contributed by atoms with Gasteiger partial charge < -0.3 is 4.74 Å². The van der Waals surface area contributed by atoms with Gasteiger partial charge in [-0.2, -0.15) is 0 Å². The third kappa shape index (κ3) is 10.3. The summed E-state index contributed by atoms with van der Waals surface area (Å²) in [6.45, 7) is 8.60. The topological polar surface area (TPSA) is 60.4 Å². The number of hydrogen-bond donors (Lipinski definition) is 0. The van der Waals surface area contributed by atoms with Crippen LogP contribution in [-0.4, -0.2) is 23.6 Å². The van der Waals surface area contributed by atoms with E-state index in [4.69, 9.17) is 4.74 Å². The molecule has 0 bridgehead atoms. The fraction of sp³-hybridized carbons (Fsp3) is 0.722. The van der Waals surface area contributed by atoms with Crippen LogP contribution in [0.3, 0.4) is 0 Å². The summed E-state index contributed by atoms with van der Waals surface area (Å²) in [7, 11) is 0. The molecular formula is C18H30O4. The number of ether oxygens (including phenoxy) is 1. The Bertz CT molecular complexity index is 385. The van der Waals surface area contributed by atoms with Crippen molar-refractivity contribution in [2.45, 2.75) is 84.7 Å². The first-order valence-corrected chi connectivity index (χ1v) is 8.27. The molecule has 0 aliphatic rings. The lowest BCUT2D eigenvalue weighted by molar-refractivity contribution is -0.152. The molecule has 0 aromatic carbocycles. The summed E-state index contributed by atoms with van der Waals surface area (Å²) in [5, 5.41) is 0. The molecule has 0 rings (SSSR count). The van der Waals surface area contributed by atoms with Crippen molar-refractivity contribution in [1.82, 2.24) is 0 Å². The molecule has 0 radical (unpaired) electrons. The summed E-state index contributed by atoms with van der Waals surface area (Å²) in [5.41, 5.74) is 0.264. The largest absolute Gasteiger partial charge is 0.451 e. The monoisotopic (exact) mass is 310 g/mol. The Balaban J connectivity index is 4.23. The maximum atomic E-state index is 12.0. The number of carbonyl (C=O) groups is 3. The molecule has 4 heteroatoms. The van der Waals surface area contributed by atoms with Gasteiger partial charge in [-0.15, -0.1) is 0 Å². The van der Waals surface area contributed by atoms with Crippen LogP contribution in [0.4, 0.5) is 0 Å². The number of rotatable bonds is 13. The van der Waals surface area contributed by atoms with Crippen molar-refractivity contribution in [1.29, 1.82) is 0 Å². The van der Waals surface area contributed by atoms with Crippen molar-refractivity contribution in [2.24, 2.45) is 0 Å². The van der Waals surface area contributed by atoms with Gasteiger partial charge in [-0.1, -0.05) is 52.0 Å². The summed E-state index contributed by atoms with van der Waals surface area (Å²) in [4.78, 5) is 34.7. The molecule has 0 saturated carbocycles. The summed E-state index contributed by atoms with van der Waals surface area (Å²) >= 11 is 0. The first-order chi connectivity index (χ1) is 10.4. The molecule has 0 fully saturated rings. The minimum atomic E-state index is -0.816. The van der Waals surface area contributed by atoms with Crippen molar-refractivity contribution in [3.8, 4) is 0 Å². The van der Waals surface area contributed by atoms with Crippen LogP contribution in [0, 0.1) is 0 Å². The van der Waals surface area contributed by atoms with Crippen LogP contribution < -0.4 is 0 Å². The van der Waals surface area contributed by atoms with Crippen molar-refractivity contribution in [3.63, 3.8) is 0 Å². The molecule has 0 spiro atoms. The van der Waals surface area contributed by atoms with Gasteiger partial charge in [0.2, 0.25) is 0 Å². The maximum Gasteiger partial charge on any atom is 0.333 e. The first kappa shape index (κ1) is 20.6. The zero-order chi connectivity index (χ0) is 17.0. The van der Waals surface area contributed by atoms with Crippen LogP contribution in [0.25, 0.3) is 0 Å². The van der Waals surface area contributed by atoms with Crippen LogP contribution in [0.15, 0.2) is 12.2 Å². The Labute approximate surface area is 134 Å². The minimum absolute atomic E-state index is 0.176. The summed E-state index contributed by atoms with van der Waals surface area (Å²) in [6.07, 6.45) is 7.38. The average molecular weight is 310 g/mol. The molecular weight excluding hydrogens is 280 g/mol. The first-order valence-electron chi connectivity index (χ1n) is 8.27. The summed E-state index contributed by atoms with van der Waals surface area (Å²) in [5.74, 6) is -1.08. The number of ketones is 2. The Kier molecular flexibility index (Phi) is 11.3. The fourth-order valence-electron chi connectivity index (χ4n) is 2.16. The number of Topliss-reactive ketones (excluding diaryl/α,β-unsaturated/α-hetero) is 2. The molecule has 0 aromatic heterocycles. The number of unbranched alkanes of at least 4 members (excludes halogenated alkanes) is 6. The van der Waals surface area contributed by atoms with Crippen LogP contribution in [-0.2, 0) is 19.1 Å². The highest BCUT2D eigenvalue weighted by molar-refractivity contribution is 6.01. The molecule has 0 saturated heterocycles. The van der Waals surface area contributed by atoms with Gasteiger partial charge in [0.05, 0.1) is 6.42 Å². The van der Waals surface area contributed by atoms with Crippen LogP contribution >= 0.6 is 0 Å². The van der Waals surface area contributed by atoms with E-state index in [1.54, 1.807) is 6.92 Å². The van der Waals surface area contributed by atoms with E-state index in [9.17, 15) is 14.4 Å². The highest BCUT2D eigenvalue weighted by Gasteiger charge is 2.23. The predicted molar refractivity (Wildman–Crippen MR) is 87.6 cm³/mol. The zero-order valence-electron chi connectivity index (χ0n) is 14.3. The fourth-order valence-corrected chi connectivity index (χ4v) is 2.16. The highest BCUT2D eigenvalue weighted by atomic mass is 16.5. The van der Waals surface area contributed by atoms with Gasteiger partial charge in [-0.25, -0.2) is 4.79 Å². The zero-order valence-corrected chi connectivity index (χ0v) is 14.3. The molecule has 0 aromatic rings. The van der Waals surface area contributed by atoms with Gasteiger partial charge in [0.1, 0.15) is 5.78 Å². The van der Waals surface area contributed by atoms with Gasteiger partial charge >= 0.3 is 5.97 Å². The normalized spacial score (nSPS) is 11.8. The van der Waals surface area contributed by atoms with E-state index in [0.717, 1.165) is 19.3 Å². The molecule has 1 atom stereocenters. The van der Waals surface area contributed by atoms with E-state index in [-0.39, 0.29) is 23.6 Å². The van der Waals surface area contributed by atoms with Crippen molar-refractivity contribution in [3.05, 3.63) is 12.2 Å². The Morgan fingerprint density at radius 1 is 0.955 bits per heavy atom. The second kappa shape index (κ2) is 12.1. The lowest BCUT2D eigenvalue weighted by atomic mass is 10.0. The standard InChI is InChI=1S/C18H30O4/c1-5-6-7-8-9-10-11-12-17(16(20)13-15(4)19)22-18(21)14(2)3/h17H,2,5-13H2,1,3-4H3. The van der Waals surface area contributed by atoms with E-state index in [0.29, 0.717) is 6.42 Å². The van der Waals surface area contributed by atoms with Crippen LogP contribution in [0.5, 0.6) is 0 Å². The van der Waals surface area contributed by atoms with E-state index < -0.39 is 12.1 Å². The van der Waals surface area contributed by atoms with Crippen LogP contribution in [0.2, 0.25) is 0 Å². The Morgan fingerprint density at radius 2 is 1.50 bits per heavy atom. The van der Waals surface area contributed by atoms with Crippen molar-refractivity contribution in [2.75, 3.05) is 0 Å². The van der Waals surface area contributed by atoms with E-state index >= 15 is 0 Å². The smallest absolute Gasteiger partial charge is 0.333 e. The molecule has 0 N–H and O–H groups in total. The molecule has 4 nitrogen and oxygen atoms in total.